The molecule has 0 aliphatic heterocycles. The number of carboxylic acids is 1. The number of aliphatic carboxylic acids is 1. The van der Waals surface area contributed by atoms with Gasteiger partial charge < -0.3 is 15.3 Å². The highest BCUT2D eigenvalue weighted by Gasteiger charge is 2.38. The highest BCUT2D eigenvalue weighted by Crippen LogP contribution is 2.25. The Bertz CT molecular complexity index is 390. The molecular weight excluding hydrogens is 240 g/mol. The second kappa shape index (κ2) is 7.26. The quantitative estimate of drug-likeness (QED) is 0.753. The minimum atomic E-state index is -1.01. The van der Waals surface area contributed by atoms with Crippen LogP contribution in [0.25, 0.3) is 0 Å². The Kier molecular flexibility index (Phi) is 5.99. The molecule has 4 heteroatoms. The molecule has 1 atom stereocenters. The molecule has 106 valence electrons. The van der Waals surface area contributed by atoms with Crippen molar-refractivity contribution in [2.75, 3.05) is 26.7 Å². The number of carbonyl (C=O) groups is 1. The summed E-state index contributed by atoms with van der Waals surface area (Å²) in [5.74, 6) is -0.826. The Labute approximate surface area is 115 Å². The fraction of sp³-hybridized carbons (Fsp3) is 0.533. The Morgan fingerprint density at radius 2 is 1.84 bits per heavy atom. The number of benzene rings is 1. The lowest BCUT2D eigenvalue weighted by Gasteiger charge is -2.32. The molecule has 0 saturated carbocycles. The largest absolute Gasteiger partial charge is 0.480 e. The summed E-state index contributed by atoms with van der Waals surface area (Å²) in [6.07, 6.45) is 0.546. The van der Waals surface area contributed by atoms with Crippen molar-refractivity contribution in [3.63, 3.8) is 0 Å². The van der Waals surface area contributed by atoms with Crippen LogP contribution in [0, 0.1) is 0 Å². The van der Waals surface area contributed by atoms with E-state index in [1.165, 1.54) is 0 Å². The molecule has 19 heavy (non-hydrogen) atoms. The lowest BCUT2D eigenvalue weighted by atomic mass is 9.86. The second-order valence-corrected chi connectivity index (χ2v) is 4.60. The predicted octanol–water partition coefficient (Wildman–Crippen LogP) is 1.92. The van der Waals surface area contributed by atoms with Gasteiger partial charge in [0.2, 0.25) is 0 Å². The van der Waals surface area contributed by atoms with Crippen molar-refractivity contribution in [3.05, 3.63) is 35.9 Å². The number of rotatable bonds is 8. The first-order chi connectivity index (χ1) is 9.10. The van der Waals surface area contributed by atoms with Crippen molar-refractivity contribution < 1.29 is 9.90 Å². The molecule has 0 spiro atoms. The van der Waals surface area contributed by atoms with Gasteiger partial charge in [0.25, 0.3) is 0 Å². The molecular formula is C15H24N2O2. The third-order valence-corrected chi connectivity index (χ3v) is 3.76. The monoisotopic (exact) mass is 264 g/mol. The van der Waals surface area contributed by atoms with Gasteiger partial charge in [0, 0.05) is 6.54 Å². The van der Waals surface area contributed by atoms with Gasteiger partial charge in [-0.2, -0.15) is 0 Å². The second-order valence-electron chi connectivity index (χ2n) is 4.60. The van der Waals surface area contributed by atoms with Crippen LogP contribution in [0.2, 0.25) is 0 Å². The fourth-order valence-corrected chi connectivity index (χ4v) is 2.34. The summed E-state index contributed by atoms with van der Waals surface area (Å²) >= 11 is 0. The molecule has 0 aliphatic carbocycles. The molecule has 1 aromatic carbocycles. The Morgan fingerprint density at radius 3 is 2.26 bits per heavy atom. The van der Waals surface area contributed by atoms with E-state index in [0.29, 0.717) is 6.42 Å². The van der Waals surface area contributed by atoms with Gasteiger partial charge >= 0.3 is 5.97 Å². The van der Waals surface area contributed by atoms with Crippen LogP contribution in [-0.4, -0.2) is 42.7 Å². The van der Waals surface area contributed by atoms with E-state index < -0.39 is 11.5 Å². The fourth-order valence-electron chi connectivity index (χ4n) is 2.34. The van der Waals surface area contributed by atoms with Gasteiger partial charge in [-0.25, -0.2) is 4.79 Å². The molecule has 0 saturated heterocycles. The van der Waals surface area contributed by atoms with E-state index in [2.05, 4.69) is 24.1 Å². The molecule has 0 bridgehead atoms. The highest BCUT2D eigenvalue weighted by molar-refractivity contribution is 5.80. The third kappa shape index (κ3) is 3.55. The van der Waals surface area contributed by atoms with Crippen LogP contribution in [0.3, 0.4) is 0 Å². The van der Waals surface area contributed by atoms with E-state index in [1.807, 2.05) is 30.3 Å². The van der Waals surface area contributed by atoms with Crippen molar-refractivity contribution in [2.45, 2.75) is 25.8 Å². The van der Waals surface area contributed by atoms with Crippen molar-refractivity contribution in [2.24, 2.45) is 0 Å². The molecule has 2 N–H and O–H groups in total. The van der Waals surface area contributed by atoms with Gasteiger partial charge in [-0.1, -0.05) is 44.2 Å². The normalized spacial score (nSPS) is 14.3. The molecule has 0 aliphatic rings. The van der Waals surface area contributed by atoms with E-state index in [4.69, 9.17) is 0 Å². The number of likely N-dealkylation sites (N-methyl/N-ethyl adjacent to an activating group) is 1. The SMILES string of the molecule is CCN(CC)CCC(NC)(C(=O)O)c1ccccc1. The van der Waals surface area contributed by atoms with E-state index in [9.17, 15) is 9.90 Å². The number of nitrogens with zero attached hydrogens (tertiary/aromatic N) is 1. The van der Waals surface area contributed by atoms with Gasteiger partial charge in [0.05, 0.1) is 0 Å². The summed E-state index contributed by atoms with van der Waals surface area (Å²) < 4.78 is 0. The maximum atomic E-state index is 11.8. The maximum Gasteiger partial charge on any atom is 0.328 e. The lowest BCUT2D eigenvalue weighted by molar-refractivity contribution is -0.145. The van der Waals surface area contributed by atoms with Crippen LogP contribution in [0.1, 0.15) is 25.8 Å². The van der Waals surface area contributed by atoms with Gasteiger partial charge in [-0.15, -0.1) is 0 Å². The molecule has 0 radical (unpaired) electrons. The summed E-state index contributed by atoms with van der Waals surface area (Å²) in [6.45, 7) is 6.81. The number of hydrogen-bond donors (Lipinski definition) is 2. The van der Waals surface area contributed by atoms with E-state index in [-0.39, 0.29) is 0 Å². The summed E-state index contributed by atoms with van der Waals surface area (Å²) in [5.41, 5.74) is -0.207. The zero-order valence-electron chi connectivity index (χ0n) is 12.0. The van der Waals surface area contributed by atoms with Gasteiger partial charge in [-0.3, -0.25) is 0 Å². The topological polar surface area (TPSA) is 52.6 Å². The molecule has 0 heterocycles. The zero-order valence-corrected chi connectivity index (χ0v) is 12.0. The molecule has 0 fully saturated rings. The van der Waals surface area contributed by atoms with Crippen molar-refractivity contribution >= 4 is 5.97 Å². The molecule has 1 aromatic rings. The Balaban J connectivity index is 2.97. The van der Waals surface area contributed by atoms with E-state index in [0.717, 1.165) is 25.2 Å². The van der Waals surface area contributed by atoms with Crippen molar-refractivity contribution in [1.82, 2.24) is 10.2 Å². The molecule has 1 unspecified atom stereocenters. The molecule has 4 nitrogen and oxygen atoms in total. The van der Waals surface area contributed by atoms with Crippen LogP contribution in [-0.2, 0) is 10.3 Å². The number of carboxylic acid groups (broad SMARTS) is 1. The first-order valence-corrected chi connectivity index (χ1v) is 6.80. The Hall–Kier alpha value is -1.39. The van der Waals surface area contributed by atoms with E-state index in [1.54, 1.807) is 7.05 Å². The average molecular weight is 264 g/mol. The van der Waals surface area contributed by atoms with Crippen molar-refractivity contribution in [3.8, 4) is 0 Å². The summed E-state index contributed by atoms with van der Waals surface area (Å²) in [4.78, 5) is 14.0. The number of nitrogens with one attached hydrogen (secondary N) is 1. The molecule has 0 amide bonds. The average Bonchev–Trinajstić information content (AvgIpc) is 2.45. The maximum absolute atomic E-state index is 11.8. The van der Waals surface area contributed by atoms with Crippen molar-refractivity contribution in [1.29, 1.82) is 0 Å². The van der Waals surface area contributed by atoms with Crippen LogP contribution in [0.5, 0.6) is 0 Å². The zero-order chi connectivity index (χ0) is 14.3. The minimum absolute atomic E-state index is 0.546. The molecule has 1 rings (SSSR count). The first-order valence-electron chi connectivity index (χ1n) is 6.80. The molecule has 0 aromatic heterocycles. The van der Waals surface area contributed by atoms with E-state index >= 15 is 0 Å². The summed E-state index contributed by atoms with van der Waals surface area (Å²) in [6, 6.07) is 9.39. The highest BCUT2D eigenvalue weighted by atomic mass is 16.4. The first kappa shape index (κ1) is 15.7. The van der Waals surface area contributed by atoms with Crippen LogP contribution in [0.4, 0.5) is 0 Å². The van der Waals surface area contributed by atoms with Crippen LogP contribution < -0.4 is 5.32 Å². The summed E-state index contributed by atoms with van der Waals surface area (Å²) in [5, 5.41) is 12.7. The van der Waals surface area contributed by atoms with Gasteiger partial charge in [-0.05, 0) is 32.1 Å². The standard InChI is InChI=1S/C15H24N2O2/c1-4-17(5-2)12-11-15(16-3,14(18)19)13-9-7-6-8-10-13/h6-10,16H,4-5,11-12H2,1-3H3,(H,18,19). The predicted molar refractivity (Wildman–Crippen MR) is 77.2 cm³/mol. The van der Waals surface area contributed by atoms with Gasteiger partial charge in [0.15, 0.2) is 0 Å². The minimum Gasteiger partial charge on any atom is -0.480 e. The van der Waals surface area contributed by atoms with Crippen LogP contribution >= 0.6 is 0 Å². The Morgan fingerprint density at radius 1 is 1.26 bits per heavy atom. The summed E-state index contributed by atoms with van der Waals surface area (Å²) in [7, 11) is 1.71. The number of hydrogen-bond acceptors (Lipinski definition) is 3. The van der Waals surface area contributed by atoms with Gasteiger partial charge in [0.1, 0.15) is 5.54 Å². The van der Waals surface area contributed by atoms with Crippen LogP contribution in [0.15, 0.2) is 30.3 Å². The smallest absolute Gasteiger partial charge is 0.328 e. The third-order valence-electron chi connectivity index (χ3n) is 3.76. The lowest BCUT2D eigenvalue weighted by Crippen LogP contribution is -2.49.